The molecule has 1 saturated heterocycles. The Bertz CT molecular complexity index is 406. The van der Waals surface area contributed by atoms with Gasteiger partial charge < -0.3 is 9.47 Å². The lowest BCUT2D eigenvalue weighted by Gasteiger charge is -2.35. The van der Waals surface area contributed by atoms with Gasteiger partial charge in [0.05, 0.1) is 11.6 Å². The molecule has 0 bridgehead atoms. The minimum absolute atomic E-state index is 0.108. The molecule has 0 aromatic carbocycles. The van der Waals surface area contributed by atoms with Gasteiger partial charge in [0.1, 0.15) is 0 Å². The molecule has 0 aromatic rings. The van der Waals surface area contributed by atoms with Crippen LogP contribution in [0.5, 0.6) is 0 Å². The SMILES string of the molecule is CC(C)OC(=O)NS(=O)(=O)NC1(CCl)CCOCC1. The van der Waals surface area contributed by atoms with Crippen LogP contribution in [0.15, 0.2) is 0 Å². The van der Waals surface area contributed by atoms with Crippen LogP contribution in [0.4, 0.5) is 4.79 Å². The lowest BCUT2D eigenvalue weighted by Crippen LogP contribution is -2.57. The number of rotatable bonds is 5. The highest BCUT2D eigenvalue weighted by molar-refractivity contribution is 7.88. The number of ether oxygens (including phenoxy) is 2. The van der Waals surface area contributed by atoms with E-state index in [0.717, 1.165) is 0 Å². The molecule has 2 N–H and O–H groups in total. The molecule has 1 aliphatic heterocycles. The molecule has 7 nitrogen and oxygen atoms in total. The fraction of sp³-hybridized carbons (Fsp3) is 0.900. The third-order valence-corrected chi connectivity index (χ3v) is 4.27. The molecule has 1 amide bonds. The molecular formula is C10H19ClN2O5S. The van der Waals surface area contributed by atoms with Crippen molar-refractivity contribution < 1.29 is 22.7 Å². The standard InChI is InChI=1S/C10H19ClN2O5S/c1-8(2)18-9(14)12-19(15,16)13-10(7-11)3-5-17-6-4-10/h8,13H,3-7H2,1-2H3,(H,12,14). The molecule has 0 spiro atoms. The number of hydrogen-bond acceptors (Lipinski definition) is 5. The molecule has 0 atom stereocenters. The number of carbonyl (C=O) groups excluding carboxylic acids is 1. The largest absolute Gasteiger partial charge is 0.446 e. The van der Waals surface area contributed by atoms with Crippen LogP contribution in [-0.4, -0.2) is 45.2 Å². The van der Waals surface area contributed by atoms with E-state index in [2.05, 4.69) is 4.72 Å². The van der Waals surface area contributed by atoms with Crippen molar-refractivity contribution in [2.24, 2.45) is 0 Å². The zero-order valence-corrected chi connectivity index (χ0v) is 12.5. The number of nitrogens with one attached hydrogen (secondary N) is 2. The number of carbonyl (C=O) groups is 1. The molecule has 112 valence electrons. The zero-order chi connectivity index (χ0) is 14.5. The first kappa shape index (κ1) is 16.5. The monoisotopic (exact) mass is 314 g/mol. The van der Waals surface area contributed by atoms with Gasteiger partial charge in [-0.15, -0.1) is 11.6 Å². The molecule has 1 rings (SSSR count). The third-order valence-electron chi connectivity index (χ3n) is 2.62. The molecule has 1 heterocycles. The third kappa shape index (κ3) is 5.52. The molecule has 0 aromatic heterocycles. The van der Waals surface area contributed by atoms with Crippen LogP contribution in [0.2, 0.25) is 0 Å². The van der Waals surface area contributed by atoms with E-state index in [4.69, 9.17) is 21.1 Å². The minimum atomic E-state index is -4.01. The van der Waals surface area contributed by atoms with Gasteiger partial charge >= 0.3 is 16.3 Å². The predicted octanol–water partition coefficient (Wildman–Crippen LogP) is 0.743. The Labute approximate surface area is 118 Å². The smallest absolute Gasteiger partial charge is 0.422 e. The lowest BCUT2D eigenvalue weighted by molar-refractivity contribution is 0.0547. The normalized spacial score (nSPS) is 19.2. The first-order chi connectivity index (χ1) is 8.79. The summed E-state index contributed by atoms with van der Waals surface area (Å²) in [6, 6.07) is 0. The molecule has 19 heavy (non-hydrogen) atoms. The Hall–Kier alpha value is -0.570. The lowest BCUT2D eigenvalue weighted by atomic mass is 9.94. The fourth-order valence-corrected chi connectivity index (χ4v) is 3.26. The minimum Gasteiger partial charge on any atom is -0.446 e. The highest BCUT2D eigenvalue weighted by Crippen LogP contribution is 2.22. The Morgan fingerprint density at radius 2 is 2.00 bits per heavy atom. The predicted molar refractivity (Wildman–Crippen MR) is 70.3 cm³/mol. The summed E-state index contributed by atoms with van der Waals surface area (Å²) in [5.74, 6) is 0.108. The van der Waals surface area contributed by atoms with Gasteiger partial charge in [0, 0.05) is 19.1 Å². The summed E-state index contributed by atoms with van der Waals surface area (Å²) in [5, 5.41) is 0. The van der Waals surface area contributed by atoms with E-state index in [1.165, 1.54) is 0 Å². The Morgan fingerprint density at radius 1 is 1.42 bits per heavy atom. The van der Waals surface area contributed by atoms with Crippen molar-refractivity contribution in [3.63, 3.8) is 0 Å². The van der Waals surface area contributed by atoms with Gasteiger partial charge in [0.2, 0.25) is 0 Å². The van der Waals surface area contributed by atoms with Crippen molar-refractivity contribution in [1.29, 1.82) is 0 Å². The van der Waals surface area contributed by atoms with E-state index in [1.54, 1.807) is 18.6 Å². The van der Waals surface area contributed by atoms with Gasteiger partial charge in [-0.3, -0.25) is 0 Å². The van der Waals surface area contributed by atoms with E-state index in [1.807, 2.05) is 0 Å². The van der Waals surface area contributed by atoms with Crippen LogP contribution in [0, 0.1) is 0 Å². The van der Waals surface area contributed by atoms with Gasteiger partial charge in [-0.25, -0.2) is 9.52 Å². The van der Waals surface area contributed by atoms with Crippen molar-refractivity contribution in [2.75, 3.05) is 19.1 Å². The summed E-state index contributed by atoms with van der Waals surface area (Å²) in [4.78, 5) is 11.3. The molecule has 0 saturated carbocycles. The summed E-state index contributed by atoms with van der Waals surface area (Å²) < 4.78 is 37.8. The quantitative estimate of drug-likeness (QED) is 0.730. The van der Waals surface area contributed by atoms with Crippen molar-refractivity contribution >= 4 is 27.9 Å². The second kappa shape index (κ2) is 6.74. The first-order valence-electron chi connectivity index (χ1n) is 5.95. The molecule has 0 aliphatic carbocycles. The number of hydrogen-bond donors (Lipinski definition) is 2. The molecule has 0 unspecified atom stereocenters. The summed E-state index contributed by atoms with van der Waals surface area (Å²) in [7, 11) is -4.01. The summed E-state index contributed by atoms with van der Waals surface area (Å²) in [6.45, 7) is 4.09. The van der Waals surface area contributed by atoms with E-state index in [-0.39, 0.29) is 5.88 Å². The van der Waals surface area contributed by atoms with Crippen LogP contribution < -0.4 is 9.44 Å². The maximum atomic E-state index is 11.8. The fourth-order valence-electron chi connectivity index (χ4n) is 1.68. The summed E-state index contributed by atoms with van der Waals surface area (Å²) >= 11 is 5.84. The van der Waals surface area contributed by atoms with Gasteiger partial charge in [0.25, 0.3) is 0 Å². The van der Waals surface area contributed by atoms with Crippen LogP contribution in [0.1, 0.15) is 26.7 Å². The molecule has 9 heteroatoms. The van der Waals surface area contributed by atoms with Crippen molar-refractivity contribution in [3.05, 3.63) is 0 Å². The summed E-state index contributed by atoms with van der Waals surface area (Å²) in [5.41, 5.74) is -0.788. The Morgan fingerprint density at radius 3 is 2.47 bits per heavy atom. The van der Waals surface area contributed by atoms with Crippen molar-refractivity contribution in [3.8, 4) is 0 Å². The van der Waals surface area contributed by atoms with Crippen molar-refractivity contribution in [2.45, 2.75) is 38.3 Å². The van der Waals surface area contributed by atoms with Gasteiger partial charge in [-0.05, 0) is 26.7 Å². The molecular weight excluding hydrogens is 296 g/mol. The topological polar surface area (TPSA) is 93.7 Å². The van der Waals surface area contributed by atoms with Gasteiger partial charge in [0.15, 0.2) is 0 Å². The van der Waals surface area contributed by atoms with Crippen LogP contribution >= 0.6 is 11.6 Å². The maximum Gasteiger partial charge on any atom is 0.422 e. The van der Waals surface area contributed by atoms with E-state index in [0.29, 0.717) is 26.1 Å². The van der Waals surface area contributed by atoms with Crippen LogP contribution in [0.3, 0.4) is 0 Å². The highest BCUT2D eigenvalue weighted by atomic mass is 35.5. The van der Waals surface area contributed by atoms with E-state index >= 15 is 0 Å². The van der Waals surface area contributed by atoms with Crippen LogP contribution in [-0.2, 0) is 19.7 Å². The molecule has 1 aliphatic rings. The van der Waals surface area contributed by atoms with Crippen molar-refractivity contribution in [1.82, 2.24) is 9.44 Å². The second-order valence-electron chi connectivity index (χ2n) is 4.69. The Balaban J connectivity index is 2.64. The molecule has 1 fully saturated rings. The van der Waals surface area contributed by atoms with E-state index < -0.39 is 27.9 Å². The number of halogens is 1. The van der Waals surface area contributed by atoms with Gasteiger partial charge in [-0.2, -0.15) is 13.1 Å². The Kier molecular flexibility index (Phi) is 5.84. The van der Waals surface area contributed by atoms with Crippen LogP contribution in [0.25, 0.3) is 0 Å². The average molecular weight is 315 g/mol. The first-order valence-corrected chi connectivity index (χ1v) is 7.96. The number of alkyl halides is 1. The second-order valence-corrected chi connectivity index (χ2v) is 6.37. The molecule has 0 radical (unpaired) electrons. The van der Waals surface area contributed by atoms with E-state index in [9.17, 15) is 13.2 Å². The highest BCUT2D eigenvalue weighted by Gasteiger charge is 2.36. The van der Waals surface area contributed by atoms with Gasteiger partial charge in [-0.1, -0.05) is 0 Å². The number of amides is 1. The summed E-state index contributed by atoms with van der Waals surface area (Å²) in [6.07, 6.45) is -0.507. The zero-order valence-electron chi connectivity index (χ0n) is 10.9. The maximum absolute atomic E-state index is 11.8. The average Bonchev–Trinajstić information content (AvgIpc) is 2.27.